The Morgan fingerprint density at radius 2 is 1.80 bits per heavy atom. The van der Waals surface area contributed by atoms with Crippen LogP contribution in [0, 0.1) is 0 Å². The van der Waals surface area contributed by atoms with Crippen LogP contribution in [-0.4, -0.2) is 9.97 Å². The number of nitrogens with two attached hydrogens (primary N) is 1. The summed E-state index contributed by atoms with van der Waals surface area (Å²) < 4.78 is 0. The first kappa shape index (κ1) is 11.7. The van der Waals surface area contributed by atoms with Crippen molar-refractivity contribution in [3.63, 3.8) is 0 Å². The lowest BCUT2D eigenvalue weighted by Gasteiger charge is -2.07. The van der Waals surface area contributed by atoms with E-state index in [1.165, 1.54) is 10.8 Å². The van der Waals surface area contributed by atoms with Crippen LogP contribution < -0.4 is 5.73 Å². The Labute approximate surface area is 121 Å². The Kier molecular flexibility index (Phi) is 2.63. The molecule has 0 atom stereocenters. The minimum Gasteiger partial charge on any atom is -0.383 e. The van der Waals surface area contributed by atoms with Gasteiger partial charge in [-0.05, 0) is 16.8 Å². The van der Waals surface area contributed by atoms with Crippen LogP contribution in [0.3, 0.4) is 0 Å². The molecular weight excluding hydrogens is 266 g/mol. The third kappa shape index (κ3) is 1.84. The number of thioether (sulfide) groups is 1. The molecule has 0 fully saturated rings. The predicted molar refractivity (Wildman–Crippen MR) is 84.4 cm³/mol. The molecule has 1 aliphatic heterocycles. The zero-order valence-electron chi connectivity index (χ0n) is 10.8. The summed E-state index contributed by atoms with van der Waals surface area (Å²) in [6.07, 6.45) is 0. The van der Waals surface area contributed by atoms with E-state index in [9.17, 15) is 0 Å². The number of aromatic nitrogens is 2. The number of benzene rings is 2. The molecule has 0 unspecified atom stereocenters. The molecule has 2 heterocycles. The fourth-order valence-corrected chi connectivity index (χ4v) is 3.59. The molecule has 3 aromatic rings. The lowest BCUT2D eigenvalue weighted by atomic mass is 10.1. The lowest BCUT2D eigenvalue weighted by molar-refractivity contribution is 1.08. The number of anilines is 1. The van der Waals surface area contributed by atoms with Crippen LogP contribution in [0.15, 0.2) is 42.5 Å². The number of hydrogen-bond donors (Lipinski definition) is 1. The zero-order chi connectivity index (χ0) is 13.5. The van der Waals surface area contributed by atoms with Crippen molar-refractivity contribution < 1.29 is 0 Å². The van der Waals surface area contributed by atoms with Gasteiger partial charge in [-0.15, -0.1) is 0 Å². The van der Waals surface area contributed by atoms with Crippen LogP contribution in [0.5, 0.6) is 0 Å². The standard InChI is InChI=1S/C16H13N3S/c17-15-13-8-20-9-14(13)18-16(19-15)12-6-5-10-3-1-2-4-11(10)7-12/h1-7H,8-9H2,(H2,17,18,19). The molecule has 20 heavy (non-hydrogen) atoms. The van der Waals surface area contributed by atoms with Gasteiger partial charge in [-0.3, -0.25) is 0 Å². The van der Waals surface area contributed by atoms with E-state index >= 15 is 0 Å². The number of hydrogen-bond acceptors (Lipinski definition) is 4. The highest BCUT2D eigenvalue weighted by molar-refractivity contribution is 7.98. The fourth-order valence-electron chi connectivity index (χ4n) is 2.53. The van der Waals surface area contributed by atoms with E-state index in [4.69, 9.17) is 5.73 Å². The van der Waals surface area contributed by atoms with Gasteiger partial charge in [0.2, 0.25) is 0 Å². The second kappa shape index (κ2) is 4.49. The van der Waals surface area contributed by atoms with Gasteiger partial charge < -0.3 is 5.73 Å². The first-order valence-corrected chi connectivity index (χ1v) is 7.69. The molecule has 0 bridgehead atoms. The third-order valence-corrected chi connectivity index (χ3v) is 4.59. The van der Waals surface area contributed by atoms with Crippen molar-refractivity contribution in [1.29, 1.82) is 0 Å². The SMILES string of the molecule is Nc1nc(-c2ccc3ccccc3c2)nc2c1CSC2. The van der Waals surface area contributed by atoms with Gasteiger partial charge in [0.15, 0.2) is 5.82 Å². The van der Waals surface area contributed by atoms with Gasteiger partial charge in [0.25, 0.3) is 0 Å². The number of rotatable bonds is 1. The average molecular weight is 279 g/mol. The molecule has 0 saturated carbocycles. The summed E-state index contributed by atoms with van der Waals surface area (Å²) in [4.78, 5) is 9.15. The molecule has 0 amide bonds. The summed E-state index contributed by atoms with van der Waals surface area (Å²) in [6.45, 7) is 0. The summed E-state index contributed by atoms with van der Waals surface area (Å²) >= 11 is 1.84. The van der Waals surface area contributed by atoms with Gasteiger partial charge in [-0.25, -0.2) is 9.97 Å². The van der Waals surface area contributed by atoms with Gasteiger partial charge in [0, 0.05) is 22.6 Å². The minimum atomic E-state index is 0.628. The van der Waals surface area contributed by atoms with E-state index in [1.54, 1.807) is 0 Å². The number of fused-ring (bicyclic) bond motifs is 2. The third-order valence-electron chi connectivity index (χ3n) is 3.62. The van der Waals surface area contributed by atoms with Crippen LogP contribution in [-0.2, 0) is 11.5 Å². The number of nitrogen functional groups attached to an aromatic ring is 1. The number of nitrogens with zero attached hydrogens (tertiary/aromatic N) is 2. The van der Waals surface area contributed by atoms with Crippen LogP contribution in [0.1, 0.15) is 11.3 Å². The van der Waals surface area contributed by atoms with Gasteiger partial charge in [-0.2, -0.15) is 11.8 Å². The summed E-state index contributed by atoms with van der Waals surface area (Å²) in [5, 5.41) is 2.42. The summed E-state index contributed by atoms with van der Waals surface area (Å²) in [5.41, 5.74) is 9.28. The summed E-state index contributed by atoms with van der Waals surface area (Å²) in [6, 6.07) is 14.6. The highest BCUT2D eigenvalue weighted by Gasteiger charge is 2.18. The molecule has 4 rings (SSSR count). The van der Waals surface area contributed by atoms with Crippen molar-refractivity contribution in [3.8, 4) is 11.4 Å². The molecule has 3 nitrogen and oxygen atoms in total. The maximum Gasteiger partial charge on any atom is 0.161 e. The predicted octanol–water partition coefficient (Wildman–Crippen LogP) is 3.63. The van der Waals surface area contributed by atoms with Gasteiger partial charge in [0.1, 0.15) is 5.82 Å². The topological polar surface area (TPSA) is 51.8 Å². The van der Waals surface area contributed by atoms with Crippen molar-refractivity contribution in [1.82, 2.24) is 9.97 Å². The molecule has 0 radical (unpaired) electrons. The first-order valence-electron chi connectivity index (χ1n) is 6.53. The molecule has 2 aromatic carbocycles. The van der Waals surface area contributed by atoms with E-state index in [0.717, 1.165) is 34.2 Å². The largest absolute Gasteiger partial charge is 0.383 e. The van der Waals surface area contributed by atoms with E-state index in [-0.39, 0.29) is 0 Å². The quantitative estimate of drug-likeness (QED) is 0.739. The first-order chi connectivity index (χ1) is 9.81. The fraction of sp³-hybridized carbons (Fsp3) is 0.125. The maximum atomic E-state index is 6.06. The molecule has 0 aliphatic carbocycles. The second-order valence-electron chi connectivity index (χ2n) is 4.91. The molecule has 1 aliphatic rings. The molecular formula is C16H13N3S. The summed E-state index contributed by atoms with van der Waals surface area (Å²) in [5.74, 6) is 3.22. The zero-order valence-corrected chi connectivity index (χ0v) is 11.7. The van der Waals surface area contributed by atoms with Crippen molar-refractivity contribution in [2.45, 2.75) is 11.5 Å². The van der Waals surface area contributed by atoms with Crippen molar-refractivity contribution in [2.75, 3.05) is 5.73 Å². The highest BCUT2D eigenvalue weighted by Crippen LogP contribution is 2.33. The van der Waals surface area contributed by atoms with Crippen molar-refractivity contribution >= 4 is 28.4 Å². The van der Waals surface area contributed by atoms with E-state index < -0.39 is 0 Å². The molecule has 0 spiro atoms. The van der Waals surface area contributed by atoms with Crippen molar-refractivity contribution in [3.05, 3.63) is 53.7 Å². The summed E-state index contributed by atoms with van der Waals surface area (Å²) in [7, 11) is 0. The monoisotopic (exact) mass is 279 g/mol. The molecule has 0 saturated heterocycles. The Hall–Kier alpha value is -2.07. The Morgan fingerprint density at radius 1 is 0.950 bits per heavy atom. The molecule has 1 aromatic heterocycles. The van der Waals surface area contributed by atoms with E-state index in [1.807, 2.05) is 23.9 Å². The van der Waals surface area contributed by atoms with Crippen molar-refractivity contribution in [2.24, 2.45) is 0 Å². The molecule has 4 heteroatoms. The van der Waals surface area contributed by atoms with Gasteiger partial charge in [-0.1, -0.05) is 36.4 Å². The lowest BCUT2D eigenvalue weighted by Crippen LogP contribution is -2.02. The Balaban J connectivity index is 1.88. The van der Waals surface area contributed by atoms with E-state index in [0.29, 0.717) is 5.82 Å². The molecule has 98 valence electrons. The second-order valence-corrected chi connectivity index (χ2v) is 5.90. The van der Waals surface area contributed by atoms with Crippen LogP contribution in [0.25, 0.3) is 22.2 Å². The van der Waals surface area contributed by atoms with Crippen LogP contribution in [0.2, 0.25) is 0 Å². The van der Waals surface area contributed by atoms with Crippen LogP contribution >= 0.6 is 11.8 Å². The minimum absolute atomic E-state index is 0.628. The maximum absolute atomic E-state index is 6.06. The Bertz CT molecular complexity index is 814. The molecule has 2 N–H and O–H groups in total. The average Bonchev–Trinajstić information content (AvgIpc) is 2.96. The van der Waals surface area contributed by atoms with Gasteiger partial charge in [0.05, 0.1) is 5.69 Å². The van der Waals surface area contributed by atoms with Crippen LogP contribution in [0.4, 0.5) is 5.82 Å². The van der Waals surface area contributed by atoms with E-state index in [2.05, 4.69) is 40.3 Å². The smallest absolute Gasteiger partial charge is 0.161 e. The normalized spacial score (nSPS) is 13.6. The highest BCUT2D eigenvalue weighted by atomic mass is 32.2. The van der Waals surface area contributed by atoms with Gasteiger partial charge >= 0.3 is 0 Å². The Morgan fingerprint density at radius 3 is 2.70 bits per heavy atom.